The highest BCUT2D eigenvalue weighted by Crippen LogP contribution is 2.15. The van der Waals surface area contributed by atoms with Crippen LogP contribution >= 0.6 is 0 Å². The first-order chi connectivity index (χ1) is 7.66. The highest BCUT2D eigenvalue weighted by atomic mass is 16.1. The van der Waals surface area contributed by atoms with Crippen molar-refractivity contribution in [2.45, 2.75) is 38.5 Å². The van der Waals surface area contributed by atoms with Gasteiger partial charge in [-0.1, -0.05) is 6.42 Å². The predicted octanol–water partition coefficient (Wildman–Crippen LogP) is 0.0666. The third-order valence-electron chi connectivity index (χ3n) is 2.83. The van der Waals surface area contributed by atoms with Gasteiger partial charge in [0, 0.05) is 5.56 Å². The van der Waals surface area contributed by atoms with E-state index in [0.29, 0.717) is 5.82 Å². The van der Waals surface area contributed by atoms with Gasteiger partial charge in [-0.05, 0) is 25.7 Å². The molecule has 1 aromatic rings. The molecule has 86 valence electrons. The quantitative estimate of drug-likeness (QED) is 0.692. The lowest BCUT2D eigenvalue weighted by molar-refractivity contribution is -0.117. The SMILES string of the molecule is NC(=O)Cc1nc2c(c(=O)[nH]1)CCCCC2. The second kappa shape index (κ2) is 4.47. The van der Waals surface area contributed by atoms with Crippen LogP contribution in [0.15, 0.2) is 4.79 Å². The Labute approximate surface area is 93.1 Å². The highest BCUT2D eigenvalue weighted by molar-refractivity contribution is 5.75. The van der Waals surface area contributed by atoms with Gasteiger partial charge in [0.25, 0.3) is 5.56 Å². The molecule has 0 saturated carbocycles. The minimum atomic E-state index is -0.475. The van der Waals surface area contributed by atoms with Gasteiger partial charge in [-0.2, -0.15) is 0 Å². The third-order valence-corrected chi connectivity index (χ3v) is 2.83. The van der Waals surface area contributed by atoms with E-state index < -0.39 is 5.91 Å². The Bertz CT molecular complexity index is 465. The van der Waals surface area contributed by atoms with Crippen LogP contribution in [0, 0.1) is 0 Å². The molecule has 1 amide bonds. The zero-order valence-electron chi connectivity index (χ0n) is 9.08. The Morgan fingerprint density at radius 2 is 2.06 bits per heavy atom. The van der Waals surface area contributed by atoms with Crippen molar-refractivity contribution in [3.8, 4) is 0 Å². The number of amides is 1. The molecule has 5 nitrogen and oxygen atoms in total. The van der Waals surface area contributed by atoms with E-state index in [1.165, 1.54) is 0 Å². The van der Waals surface area contributed by atoms with Gasteiger partial charge < -0.3 is 10.7 Å². The first kappa shape index (κ1) is 10.9. The van der Waals surface area contributed by atoms with Gasteiger partial charge >= 0.3 is 0 Å². The number of aryl methyl sites for hydroxylation is 1. The third kappa shape index (κ3) is 2.29. The van der Waals surface area contributed by atoms with E-state index in [1.807, 2.05) is 0 Å². The second-order valence-corrected chi connectivity index (χ2v) is 4.14. The average molecular weight is 221 g/mol. The Morgan fingerprint density at radius 3 is 2.81 bits per heavy atom. The summed E-state index contributed by atoms with van der Waals surface area (Å²) in [7, 11) is 0. The Morgan fingerprint density at radius 1 is 1.31 bits per heavy atom. The number of aromatic amines is 1. The maximum absolute atomic E-state index is 11.8. The number of hydrogen-bond donors (Lipinski definition) is 2. The number of carbonyl (C=O) groups excluding carboxylic acids is 1. The van der Waals surface area contributed by atoms with E-state index in [-0.39, 0.29) is 12.0 Å². The molecule has 1 aliphatic carbocycles. The van der Waals surface area contributed by atoms with Crippen molar-refractivity contribution in [3.05, 3.63) is 27.4 Å². The molecule has 1 heterocycles. The molecule has 16 heavy (non-hydrogen) atoms. The van der Waals surface area contributed by atoms with Crippen molar-refractivity contribution < 1.29 is 4.79 Å². The fourth-order valence-corrected chi connectivity index (χ4v) is 2.08. The summed E-state index contributed by atoms with van der Waals surface area (Å²) in [6.45, 7) is 0. The normalized spacial score (nSPS) is 15.2. The molecule has 0 fully saturated rings. The van der Waals surface area contributed by atoms with Gasteiger partial charge in [0.05, 0.1) is 12.1 Å². The first-order valence-corrected chi connectivity index (χ1v) is 5.56. The summed E-state index contributed by atoms with van der Waals surface area (Å²) in [6, 6.07) is 0. The summed E-state index contributed by atoms with van der Waals surface area (Å²) in [5.74, 6) is -0.0881. The summed E-state index contributed by atoms with van der Waals surface area (Å²) < 4.78 is 0. The molecule has 5 heteroatoms. The number of fused-ring (bicyclic) bond motifs is 1. The highest BCUT2D eigenvalue weighted by Gasteiger charge is 2.14. The monoisotopic (exact) mass is 221 g/mol. The Balaban J connectivity index is 2.39. The first-order valence-electron chi connectivity index (χ1n) is 5.56. The topological polar surface area (TPSA) is 88.8 Å². The molecule has 2 rings (SSSR count). The number of hydrogen-bond acceptors (Lipinski definition) is 3. The van der Waals surface area contributed by atoms with E-state index in [9.17, 15) is 9.59 Å². The molecule has 0 aromatic carbocycles. The Kier molecular flexibility index (Phi) is 3.03. The van der Waals surface area contributed by atoms with Gasteiger partial charge in [-0.3, -0.25) is 9.59 Å². The fourth-order valence-electron chi connectivity index (χ4n) is 2.08. The summed E-state index contributed by atoms with van der Waals surface area (Å²) in [4.78, 5) is 29.5. The number of H-pyrrole nitrogens is 1. The molecule has 0 radical (unpaired) electrons. The number of rotatable bonds is 2. The van der Waals surface area contributed by atoms with Crippen LogP contribution in [0.5, 0.6) is 0 Å². The smallest absolute Gasteiger partial charge is 0.254 e. The number of primary amides is 1. The van der Waals surface area contributed by atoms with E-state index in [0.717, 1.165) is 43.4 Å². The van der Waals surface area contributed by atoms with Crippen LogP contribution in [0.2, 0.25) is 0 Å². The summed E-state index contributed by atoms with van der Waals surface area (Å²) in [5, 5.41) is 0. The molecule has 0 spiro atoms. The largest absolute Gasteiger partial charge is 0.369 e. The summed E-state index contributed by atoms with van der Waals surface area (Å²) in [6.07, 6.45) is 4.83. The van der Waals surface area contributed by atoms with Crippen molar-refractivity contribution >= 4 is 5.91 Å². The minimum absolute atomic E-state index is 0.00250. The van der Waals surface area contributed by atoms with E-state index in [1.54, 1.807) is 0 Å². The van der Waals surface area contributed by atoms with Gasteiger partial charge in [0.2, 0.25) is 5.91 Å². The molecule has 3 N–H and O–H groups in total. The van der Waals surface area contributed by atoms with E-state index in [2.05, 4.69) is 9.97 Å². The molecule has 0 unspecified atom stereocenters. The minimum Gasteiger partial charge on any atom is -0.369 e. The summed E-state index contributed by atoms with van der Waals surface area (Å²) in [5.41, 5.74) is 6.60. The lowest BCUT2D eigenvalue weighted by Crippen LogP contribution is -2.23. The molecule has 0 bridgehead atoms. The van der Waals surface area contributed by atoms with Gasteiger partial charge in [0.15, 0.2) is 0 Å². The van der Waals surface area contributed by atoms with E-state index in [4.69, 9.17) is 5.73 Å². The van der Waals surface area contributed by atoms with Crippen LogP contribution in [0.25, 0.3) is 0 Å². The van der Waals surface area contributed by atoms with Crippen LogP contribution in [-0.4, -0.2) is 15.9 Å². The Hall–Kier alpha value is -1.65. The molecule has 0 aliphatic heterocycles. The van der Waals surface area contributed by atoms with Gasteiger partial charge in [-0.15, -0.1) is 0 Å². The van der Waals surface area contributed by atoms with Crippen molar-refractivity contribution in [1.29, 1.82) is 0 Å². The summed E-state index contributed by atoms with van der Waals surface area (Å²) >= 11 is 0. The lowest BCUT2D eigenvalue weighted by atomic mass is 10.1. The molecule has 0 saturated heterocycles. The molecular weight excluding hydrogens is 206 g/mol. The number of carbonyl (C=O) groups is 1. The number of nitrogens with two attached hydrogens (primary N) is 1. The molecule has 0 atom stereocenters. The van der Waals surface area contributed by atoms with Crippen molar-refractivity contribution in [1.82, 2.24) is 9.97 Å². The van der Waals surface area contributed by atoms with Crippen LogP contribution < -0.4 is 11.3 Å². The zero-order valence-corrected chi connectivity index (χ0v) is 9.08. The van der Waals surface area contributed by atoms with Gasteiger partial charge in [-0.25, -0.2) is 4.98 Å². The standard InChI is InChI=1S/C11H15N3O2/c12-9(15)6-10-13-8-5-3-1-2-4-7(8)11(16)14-10/h1-6H2,(H2,12,15)(H,13,14,16). The van der Waals surface area contributed by atoms with Crippen molar-refractivity contribution in [3.63, 3.8) is 0 Å². The van der Waals surface area contributed by atoms with Crippen molar-refractivity contribution in [2.75, 3.05) is 0 Å². The fraction of sp³-hybridized carbons (Fsp3) is 0.545. The van der Waals surface area contributed by atoms with E-state index >= 15 is 0 Å². The number of nitrogens with one attached hydrogen (secondary N) is 1. The maximum atomic E-state index is 11.8. The maximum Gasteiger partial charge on any atom is 0.254 e. The molecule has 1 aliphatic rings. The molecular formula is C11H15N3O2. The average Bonchev–Trinajstić information content (AvgIpc) is 2.41. The van der Waals surface area contributed by atoms with Crippen LogP contribution in [-0.2, 0) is 24.1 Å². The number of nitrogens with zero attached hydrogens (tertiary/aromatic N) is 1. The zero-order chi connectivity index (χ0) is 11.5. The molecule has 1 aromatic heterocycles. The van der Waals surface area contributed by atoms with Gasteiger partial charge in [0.1, 0.15) is 5.82 Å². The lowest BCUT2D eigenvalue weighted by Gasteiger charge is -2.05. The van der Waals surface area contributed by atoms with Crippen molar-refractivity contribution in [2.24, 2.45) is 5.73 Å². The van der Waals surface area contributed by atoms with Crippen LogP contribution in [0.1, 0.15) is 36.3 Å². The number of aromatic nitrogens is 2. The van der Waals surface area contributed by atoms with Crippen LogP contribution in [0.4, 0.5) is 0 Å². The predicted molar refractivity (Wildman–Crippen MR) is 59.0 cm³/mol. The van der Waals surface area contributed by atoms with Crippen LogP contribution in [0.3, 0.4) is 0 Å². The second-order valence-electron chi connectivity index (χ2n) is 4.14.